The molecular formula is C17H17BrN4O2. The summed E-state index contributed by atoms with van der Waals surface area (Å²) in [7, 11) is 0. The van der Waals surface area contributed by atoms with Crippen LogP contribution in [-0.2, 0) is 6.54 Å². The summed E-state index contributed by atoms with van der Waals surface area (Å²) in [5.74, 6) is 0. The van der Waals surface area contributed by atoms with Crippen molar-refractivity contribution < 1.29 is 9.90 Å². The molecule has 6 nitrogen and oxygen atoms in total. The van der Waals surface area contributed by atoms with E-state index in [0.29, 0.717) is 5.56 Å². The number of nitriles is 1. The molecule has 0 spiro atoms. The molecule has 2 aromatic rings. The minimum Gasteiger partial charge on any atom is -0.465 e. The lowest BCUT2D eigenvalue weighted by atomic mass is 10.0. The lowest BCUT2D eigenvalue weighted by Crippen LogP contribution is -2.43. The lowest BCUT2D eigenvalue weighted by Gasteiger charge is -2.31. The quantitative estimate of drug-likeness (QED) is 0.842. The van der Waals surface area contributed by atoms with Gasteiger partial charge in [0, 0.05) is 53.3 Å². The molecular weight excluding hydrogens is 372 g/mol. The molecule has 1 aromatic carbocycles. The van der Waals surface area contributed by atoms with Gasteiger partial charge in [0.25, 0.3) is 0 Å². The van der Waals surface area contributed by atoms with Gasteiger partial charge in [-0.05, 0) is 46.5 Å². The van der Waals surface area contributed by atoms with Gasteiger partial charge in [0.15, 0.2) is 0 Å². The Morgan fingerprint density at radius 1 is 1.38 bits per heavy atom. The Hall–Kier alpha value is -2.17. The van der Waals surface area contributed by atoms with Crippen LogP contribution in [0.1, 0.15) is 24.0 Å². The standard InChI is InChI=1S/C17H17BrN4O2/c18-16-9-20-8-15-12(7-19)5-11(6-14(15)16)10-22-3-1-13(2-4-22)21-17(23)24/h5-6,8-9,13,21H,1-4,10H2,(H,23,24). The number of pyridine rings is 1. The molecule has 1 amide bonds. The summed E-state index contributed by atoms with van der Waals surface area (Å²) in [4.78, 5) is 17.1. The highest BCUT2D eigenvalue weighted by atomic mass is 79.9. The fourth-order valence-corrected chi connectivity index (χ4v) is 3.59. The highest BCUT2D eigenvalue weighted by molar-refractivity contribution is 9.10. The second-order valence-corrected chi connectivity index (χ2v) is 6.83. The van der Waals surface area contributed by atoms with Crippen molar-refractivity contribution in [2.45, 2.75) is 25.4 Å². The molecule has 0 atom stereocenters. The van der Waals surface area contributed by atoms with Crippen LogP contribution in [0, 0.1) is 11.3 Å². The minimum atomic E-state index is -0.958. The van der Waals surface area contributed by atoms with E-state index >= 15 is 0 Å². The van der Waals surface area contributed by atoms with Gasteiger partial charge in [-0.2, -0.15) is 5.26 Å². The molecule has 3 rings (SSSR count). The van der Waals surface area contributed by atoms with Crippen LogP contribution < -0.4 is 5.32 Å². The van der Waals surface area contributed by atoms with Crippen molar-refractivity contribution in [1.82, 2.24) is 15.2 Å². The molecule has 1 aliphatic heterocycles. The zero-order valence-corrected chi connectivity index (χ0v) is 14.6. The van der Waals surface area contributed by atoms with E-state index in [0.717, 1.165) is 53.3 Å². The van der Waals surface area contributed by atoms with E-state index in [1.54, 1.807) is 12.4 Å². The van der Waals surface area contributed by atoms with Crippen LogP contribution in [0.5, 0.6) is 0 Å². The fourth-order valence-electron chi connectivity index (χ4n) is 3.15. The molecule has 1 aromatic heterocycles. The number of nitrogens with one attached hydrogen (secondary N) is 1. The molecule has 0 unspecified atom stereocenters. The Bertz CT molecular complexity index is 810. The van der Waals surface area contributed by atoms with E-state index in [9.17, 15) is 10.1 Å². The molecule has 124 valence electrons. The first kappa shape index (κ1) is 16.7. The fraction of sp³-hybridized carbons (Fsp3) is 0.353. The monoisotopic (exact) mass is 388 g/mol. The molecule has 2 heterocycles. The summed E-state index contributed by atoms with van der Waals surface area (Å²) in [5, 5.41) is 22.6. The van der Waals surface area contributed by atoms with E-state index in [1.807, 2.05) is 6.07 Å². The van der Waals surface area contributed by atoms with Gasteiger partial charge in [-0.25, -0.2) is 4.79 Å². The van der Waals surface area contributed by atoms with Gasteiger partial charge >= 0.3 is 6.09 Å². The van der Waals surface area contributed by atoms with Crippen molar-refractivity contribution in [3.05, 3.63) is 40.1 Å². The Labute approximate surface area is 148 Å². The molecule has 0 radical (unpaired) electrons. The number of benzene rings is 1. The molecule has 0 saturated carbocycles. The molecule has 7 heteroatoms. The maximum Gasteiger partial charge on any atom is 0.404 e. The van der Waals surface area contributed by atoms with E-state index < -0.39 is 6.09 Å². The summed E-state index contributed by atoms with van der Waals surface area (Å²) in [5.41, 5.74) is 1.70. The number of amides is 1. The van der Waals surface area contributed by atoms with E-state index in [2.05, 4.69) is 43.3 Å². The summed E-state index contributed by atoms with van der Waals surface area (Å²) in [6, 6.07) is 6.28. The smallest absolute Gasteiger partial charge is 0.404 e. The van der Waals surface area contributed by atoms with Gasteiger partial charge in [-0.15, -0.1) is 0 Å². The number of hydrogen-bond donors (Lipinski definition) is 2. The van der Waals surface area contributed by atoms with Crippen LogP contribution in [0.25, 0.3) is 10.8 Å². The van der Waals surface area contributed by atoms with Gasteiger partial charge in [0.2, 0.25) is 0 Å². The number of nitrogens with zero attached hydrogens (tertiary/aromatic N) is 3. The topological polar surface area (TPSA) is 89.2 Å². The van der Waals surface area contributed by atoms with Gasteiger partial charge in [-0.3, -0.25) is 9.88 Å². The van der Waals surface area contributed by atoms with E-state index in [-0.39, 0.29) is 6.04 Å². The average molecular weight is 389 g/mol. The van der Waals surface area contributed by atoms with Crippen LogP contribution in [-0.4, -0.2) is 40.2 Å². The molecule has 2 N–H and O–H groups in total. The van der Waals surface area contributed by atoms with Crippen LogP contribution in [0.4, 0.5) is 4.79 Å². The summed E-state index contributed by atoms with van der Waals surface area (Å²) < 4.78 is 0.878. The Balaban J connectivity index is 1.76. The average Bonchev–Trinajstić information content (AvgIpc) is 2.56. The summed E-state index contributed by atoms with van der Waals surface area (Å²) >= 11 is 3.50. The van der Waals surface area contributed by atoms with Crippen molar-refractivity contribution in [3.8, 4) is 6.07 Å². The number of hydrogen-bond acceptors (Lipinski definition) is 4. The molecule has 1 saturated heterocycles. The second kappa shape index (κ2) is 7.16. The number of carbonyl (C=O) groups is 1. The van der Waals surface area contributed by atoms with Gasteiger partial charge < -0.3 is 10.4 Å². The van der Waals surface area contributed by atoms with Gasteiger partial charge in [0.05, 0.1) is 11.6 Å². The molecule has 0 aliphatic carbocycles. The second-order valence-electron chi connectivity index (χ2n) is 5.97. The number of likely N-dealkylation sites (tertiary alicyclic amines) is 1. The zero-order chi connectivity index (χ0) is 17.1. The Morgan fingerprint density at radius 3 is 2.79 bits per heavy atom. The van der Waals surface area contributed by atoms with Crippen LogP contribution >= 0.6 is 15.9 Å². The van der Waals surface area contributed by atoms with Crippen molar-refractivity contribution in [1.29, 1.82) is 5.26 Å². The Kier molecular flexibility index (Phi) is 4.97. The van der Waals surface area contributed by atoms with Gasteiger partial charge in [0.1, 0.15) is 0 Å². The van der Waals surface area contributed by atoms with Crippen molar-refractivity contribution in [3.63, 3.8) is 0 Å². The first-order valence-corrected chi connectivity index (χ1v) is 8.54. The predicted molar refractivity (Wildman–Crippen MR) is 93.6 cm³/mol. The highest BCUT2D eigenvalue weighted by Crippen LogP contribution is 2.27. The van der Waals surface area contributed by atoms with Crippen LogP contribution in [0.2, 0.25) is 0 Å². The van der Waals surface area contributed by atoms with E-state index in [1.165, 1.54) is 0 Å². The van der Waals surface area contributed by atoms with E-state index in [4.69, 9.17) is 5.11 Å². The first-order valence-electron chi connectivity index (χ1n) is 7.75. The largest absolute Gasteiger partial charge is 0.465 e. The minimum absolute atomic E-state index is 0.0326. The van der Waals surface area contributed by atoms with Crippen LogP contribution in [0.15, 0.2) is 29.0 Å². The number of rotatable bonds is 3. The normalized spacial score (nSPS) is 16.0. The first-order chi connectivity index (χ1) is 11.6. The SMILES string of the molecule is N#Cc1cc(CN2CCC(NC(=O)O)CC2)cc2c(Br)cncc12. The number of halogens is 1. The molecule has 24 heavy (non-hydrogen) atoms. The number of aromatic nitrogens is 1. The zero-order valence-electron chi connectivity index (χ0n) is 13.0. The van der Waals surface area contributed by atoms with Crippen molar-refractivity contribution >= 4 is 32.8 Å². The third kappa shape index (κ3) is 3.66. The lowest BCUT2D eigenvalue weighted by molar-refractivity contribution is 0.165. The molecule has 0 bridgehead atoms. The number of carboxylic acid groups (broad SMARTS) is 1. The predicted octanol–water partition coefficient (Wildman–Crippen LogP) is 3.10. The molecule has 1 aliphatic rings. The number of piperidine rings is 1. The van der Waals surface area contributed by atoms with Gasteiger partial charge in [-0.1, -0.05) is 0 Å². The maximum atomic E-state index is 10.7. The van der Waals surface area contributed by atoms with Crippen LogP contribution in [0.3, 0.4) is 0 Å². The third-order valence-corrected chi connectivity index (χ3v) is 4.96. The maximum absolute atomic E-state index is 10.7. The third-order valence-electron chi connectivity index (χ3n) is 4.33. The van der Waals surface area contributed by atoms with Crippen molar-refractivity contribution in [2.75, 3.05) is 13.1 Å². The highest BCUT2D eigenvalue weighted by Gasteiger charge is 2.20. The van der Waals surface area contributed by atoms with Crippen molar-refractivity contribution in [2.24, 2.45) is 0 Å². The number of fused-ring (bicyclic) bond motifs is 1. The molecule has 1 fully saturated rings. The Morgan fingerprint density at radius 2 is 2.12 bits per heavy atom. The summed E-state index contributed by atoms with van der Waals surface area (Å²) in [6.07, 6.45) is 4.10. The summed E-state index contributed by atoms with van der Waals surface area (Å²) in [6.45, 7) is 2.42.